The summed E-state index contributed by atoms with van der Waals surface area (Å²) in [5, 5.41) is 7.05. The van der Waals surface area contributed by atoms with Crippen LogP contribution in [0.4, 0.5) is 0 Å². The van der Waals surface area contributed by atoms with E-state index in [1.54, 1.807) is 0 Å². The van der Waals surface area contributed by atoms with Gasteiger partial charge >= 0.3 is 0 Å². The van der Waals surface area contributed by atoms with Gasteiger partial charge in [0.15, 0.2) is 0 Å². The maximum absolute atomic E-state index is 14.0. The lowest BCUT2D eigenvalue weighted by atomic mass is 9.89. The monoisotopic (exact) mass is 550 g/mol. The Bertz CT molecular complexity index is 1840. The maximum atomic E-state index is 14.0. The summed E-state index contributed by atoms with van der Waals surface area (Å²) in [5.41, 5.74) is 4.77. The normalized spacial score (nSPS) is 11.4. The van der Waals surface area contributed by atoms with E-state index < -0.39 is 5.92 Å². The second-order valence-electron chi connectivity index (χ2n) is 9.80. The molecule has 0 saturated carbocycles. The van der Waals surface area contributed by atoms with Gasteiger partial charge in [-0.15, -0.1) is 0 Å². The van der Waals surface area contributed by atoms with Gasteiger partial charge in [0.05, 0.1) is 28.4 Å². The van der Waals surface area contributed by atoms with Crippen molar-refractivity contribution in [3.8, 4) is 22.7 Å². The molecular formula is C32H27ClN4O3. The molecule has 0 unspecified atom stereocenters. The van der Waals surface area contributed by atoms with Gasteiger partial charge in [-0.2, -0.15) is 0 Å². The van der Waals surface area contributed by atoms with Gasteiger partial charge < -0.3 is 4.42 Å². The number of H-pyrrole nitrogens is 2. The molecule has 0 aliphatic carbocycles. The third-order valence-corrected chi connectivity index (χ3v) is 7.69. The van der Waals surface area contributed by atoms with Gasteiger partial charge in [0, 0.05) is 22.0 Å². The molecular weight excluding hydrogens is 524 g/mol. The average Bonchev–Trinajstić information content (AvgIpc) is 3.65. The summed E-state index contributed by atoms with van der Waals surface area (Å²) in [4.78, 5) is 28.0. The molecule has 3 aromatic heterocycles. The Morgan fingerprint density at radius 3 is 1.73 bits per heavy atom. The largest absolute Gasteiger partial charge is 0.460 e. The van der Waals surface area contributed by atoms with Crippen LogP contribution in [0.2, 0.25) is 5.02 Å². The van der Waals surface area contributed by atoms with Gasteiger partial charge in [-0.05, 0) is 68.8 Å². The summed E-state index contributed by atoms with van der Waals surface area (Å²) in [7, 11) is 0. The number of furan rings is 1. The Morgan fingerprint density at radius 2 is 1.20 bits per heavy atom. The molecule has 0 amide bonds. The van der Waals surface area contributed by atoms with E-state index in [9.17, 15) is 9.59 Å². The number of aromatic nitrogens is 4. The molecule has 0 aliphatic heterocycles. The molecule has 0 bridgehead atoms. The molecule has 40 heavy (non-hydrogen) atoms. The standard InChI is InChI=1S/C32H27ClN4O3/c1-19-24(15-10-16-25(19)33)26-17-18-27(40-26)30(28-20(2)34-36(31(28)38)22-11-6-4-7-12-22)29-21(3)35-37(32(29)39)23-13-8-5-9-14-23/h4-18,30,34-35H,1-3H3. The minimum Gasteiger partial charge on any atom is -0.460 e. The number of rotatable bonds is 6. The second kappa shape index (κ2) is 10.1. The fourth-order valence-corrected chi connectivity index (χ4v) is 5.45. The van der Waals surface area contributed by atoms with Crippen molar-refractivity contribution in [1.82, 2.24) is 19.6 Å². The fraction of sp³-hybridized carbons (Fsp3) is 0.125. The van der Waals surface area contributed by atoms with E-state index in [1.807, 2.05) is 112 Å². The molecule has 6 rings (SSSR count). The average molecular weight is 551 g/mol. The Hall–Kier alpha value is -4.75. The molecule has 0 atom stereocenters. The quantitative estimate of drug-likeness (QED) is 0.243. The summed E-state index contributed by atoms with van der Waals surface area (Å²) in [6.45, 7) is 5.61. The van der Waals surface area contributed by atoms with Crippen LogP contribution in [0.25, 0.3) is 22.7 Å². The van der Waals surface area contributed by atoms with E-state index in [-0.39, 0.29) is 11.1 Å². The van der Waals surface area contributed by atoms with Gasteiger partial charge in [0.2, 0.25) is 0 Å². The van der Waals surface area contributed by atoms with E-state index in [4.69, 9.17) is 16.0 Å². The van der Waals surface area contributed by atoms with Crippen molar-refractivity contribution in [3.05, 3.63) is 151 Å². The van der Waals surface area contributed by atoms with Crippen LogP contribution in [0, 0.1) is 20.8 Å². The molecule has 200 valence electrons. The number of benzene rings is 3. The van der Waals surface area contributed by atoms with Crippen molar-refractivity contribution in [2.45, 2.75) is 26.7 Å². The van der Waals surface area contributed by atoms with E-state index in [0.717, 1.165) is 11.1 Å². The zero-order valence-corrected chi connectivity index (χ0v) is 23.0. The van der Waals surface area contributed by atoms with Crippen molar-refractivity contribution in [2.75, 3.05) is 0 Å². The molecule has 3 aromatic carbocycles. The number of nitrogens with one attached hydrogen (secondary N) is 2. The molecule has 0 aliphatic rings. The van der Waals surface area contributed by atoms with Crippen LogP contribution in [0.1, 0.15) is 39.8 Å². The molecule has 6 aromatic rings. The molecule has 0 radical (unpaired) electrons. The molecule has 3 heterocycles. The summed E-state index contributed by atoms with van der Waals surface area (Å²) in [6, 6.07) is 28.0. The Morgan fingerprint density at radius 1 is 0.675 bits per heavy atom. The molecule has 8 heteroatoms. The third-order valence-electron chi connectivity index (χ3n) is 7.28. The van der Waals surface area contributed by atoms with E-state index in [1.165, 1.54) is 9.36 Å². The van der Waals surface area contributed by atoms with Crippen LogP contribution in [0.15, 0.2) is 105 Å². The molecule has 0 saturated heterocycles. The van der Waals surface area contributed by atoms with Crippen LogP contribution in [0.3, 0.4) is 0 Å². The van der Waals surface area contributed by atoms with Crippen LogP contribution in [-0.4, -0.2) is 19.6 Å². The lowest BCUT2D eigenvalue weighted by Crippen LogP contribution is -2.25. The minimum absolute atomic E-state index is 0.253. The predicted molar refractivity (Wildman–Crippen MR) is 157 cm³/mol. The first-order valence-electron chi connectivity index (χ1n) is 12.9. The zero-order chi connectivity index (χ0) is 28.0. The highest BCUT2D eigenvalue weighted by molar-refractivity contribution is 6.31. The highest BCUT2D eigenvalue weighted by atomic mass is 35.5. The van der Waals surface area contributed by atoms with Crippen molar-refractivity contribution in [1.29, 1.82) is 0 Å². The lowest BCUT2D eigenvalue weighted by Gasteiger charge is -2.13. The summed E-state index contributed by atoms with van der Waals surface area (Å²) in [5.74, 6) is 0.317. The van der Waals surface area contributed by atoms with Crippen LogP contribution < -0.4 is 11.1 Å². The number of aryl methyl sites for hydroxylation is 2. The lowest BCUT2D eigenvalue weighted by molar-refractivity contribution is 0.513. The number of hydrogen-bond donors (Lipinski definition) is 2. The van der Waals surface area contributed by atoms with Gasteiger partial charge in [0.25, 0.3) is 11.1 Å². The highest BCUT2D eigenvalue weighted by Crippen LogP contribution is 2.37. The summed E-state index contributed by atoms with van der Waals surface area (Å²) >= 11 is 6.39. The van der Waals surface area contributed by atoms with Crippen molar-refractivity contribution >= 4 is 11.6 Å². The number of para-hydroxylation sites is 2. The summed E-state index contributed by atoms with van der Waals surface area (Å²) in [6.07, 6.45) is 0. The van der Waals surface area contributed by atoms with Crippen LogP contribution in [0.5, 0.6) is 0 Å². The fourth-order valence-electron chi connectivity index (χ4n) is 5.27. The third kappa shape index (κ3) is 4.25. The predicted octanol–water partition coefficient (Wildman–Crippen LogP) is 6.66. The van der Waals surface area contributed by atoms with Crippen LogP contribution in [-0.2, 0) is 0 Å². The first kappa shape index (κ1) is 25.5. The molecule has 0 spiro atoms. The number of nitrogens with zero attached hydrogens (tertiary/aromatic N) is 2. The van der Waals surface area contributed by atoms with Gasteiger partial charge in [-0.25, -0.2) is 9.36 Å². The maximum Gasteiger partial charge on any atom is 0.275 e. The van der Waals surface area contributed by atoms with E-state index in [0.29, 0.717) is 50.4 Å². The minimum atomic E-state index is -0.768. The first-order chi connectivity index (χ1) is 19.3. The van der Waals surface area contributed by atoms with Crippen molar-refractivity contribution < 1.29 is 4.42 Å². The highest BCUT2D eigenvalue weighted by Gasteiger charge is 2.33. The molecule has 2 N–H and O–H groups in total. The Kier molecular flexibility index (Phi) is 6.44. The van der Waals surface area contributed by atoms with Crippen molar-refractivity contribution in [2.24, 2.45) is 0 Å². The van der Waals surface area contributed by atoms with E-state index in [2.05, 4.69) is 10.2 Å². The molecule has 7 nitrogen and oxygen atoms in total. The Balaban J connectivity index is 1.59. The van der Waals surface area contributed by atoms with Crippen molar-refractivity contribution in [3.63, 3.8) is 0 Å². The summed E-state index contributed by atoms with van der Waals surface area (Å²) < 4.78 is 9.44. The smallest absolute Gasteiger partial charge is 0.275 e. The van der Waals surface area contributed by atoms with Crippen LogP contribution >= 0.6 is 11.6 Å². The number of halogens is 1. The van der Waals surface area contributed by atoms with Gasteiger partial charge in [-0.3, -0.25) is 19.8 Å². The van der Waals surface area contributed by atoms with Gasteiger partial charge in [0.1, 0.15) is 11.5 Å². The molecule has 0 fully saturated rings. The number of hydrogen-bond acceptors (Lipinski definition) is 3. The zero-order valence-electron chi connectivity index (χ0n) is 22.2. The topological polar surface area (TPSA) is 88.7 Å². The second-order valence-corrected chi connectivity index (χ2v) is 10.2. The number of aromatic amines is 2. The SMILES string of the molecule is Cc1[nH]n(-c2ccccc2)c(=O)c1C(c1ccc(-c2cccc(Cl)c2C)o1)c1c(C)[nH]n(-c2ccccc2)c1=O. The van der Waals surface area contributed by atoms with E-state index >= 15 is 0 Å². The van der Waals surface area contributed by atoms with Gasteiger partial charge in [-0.1, -0.05) is 60.1 Å². The Labute approximate surface area is 235 Å². The first-order valence-corrected chi connectivity index (χ1v) is 13.3.